The number of hydrogen-bond acceptors (Lipinski definition) is 19. The van der Waals surface area contributed by atoms with E-state index >= 15 is 0 Å². The summed E-state index contributed by atoms with van der Waals surface area (Å²) in [6.45, 7) is 20.8. The Morgan fingerprint density at radius 2 is 0.564 bits per heavy atom. The Hall–Kier alpha value is -15.6. The van der Waals surface area contributed by atoms with E-state index in [0.29, 0.717) is 45.0 Å². The summed E-state index contributed by atoms with van der Waals surface area (Å²) in [5, 5.41) is 9.45. The first-order valence-electron chi connectivity index (χ1n) is 50.0. The van der Waals surface area contributed by atoms with E-state index < -0.39 is 23.5 Å². The molecule has 5 aromatic carbocycles. The van der Waals surface area contributed by atoms with Crippen LogP contribution in [0.3, 0.4) is 0 Å². The lowest BCUT2D eigenvalue weighted by Crippen LogP contribution is -2.35. The second-order valence-corrected chi connectivity index (χ2v) is 37.6. The van der Waals surface area contributed by atoms with Crippen LogP contribution >= 0.6 is 0 Å². The molecule has 20 aromatic rings. The maximum Gasteiger partial charge on any atom is 0.416 e. The zero-order valence-corrected chi connectivity index (χ0v) is 82.2. The number of aliphatic hydroxyl groups is 1. The molecule has 1 saturated carbocycles. The molecule has 5 aliphatic rings. The fourth-order valence-electron chi connectivity index (χ4n) is 19.5. The van der Waals surface area contributed by atoms with E-state index in [1.807, 2.05) is 102 Å². The lowest BCUT2D eigenvalue weighted by atomic mass is 9.98. The minimum absolute atomic E-state index is 0.169. The smallest absolute Gasteiger partial charge is 0.390 e. The highest BCUT2D eigenvalue weighted by Gasteiger charge is 2.34. The van der Waals surface area contributed by atoms with Crippen molar-refractivity contribution in [1.82, 2.24) is 91.4 Å². The van der Waals surface area contributed by atoms with Gasteiger partial charge in [0.1, 0.15) is 34.1 Å². The average molecular weight is 2010 g/mol. The highest BCUT2D eigenvalue weighted by molar-refractivity contribution is 5.86. The maximum absolute atomic E-state index is 13.8. The van der Waals surface area contributed by atoms with E-state index in [1.165, 1.54) is 59.1 Å². The number of halogens is 7. The first-order chi connectivity index (χ1) is 72.8. The van der Waals surface area contributed by atoms with E-state index in [1.54, 1.807) is 84.8 Å². The third-order valence-corrected chi connectivity index (χ3v) is 27.5. The lowest BCUT2D eigenvalue weighted by molar-refractivity contribution is -0.138. The van der Waals surface area contributed by atoms with Crippen LogP contribution in [0.25, 0.3) is 140 Å². The molecule has 149 heavy (non-hydrogen) atoms. The Balaban J connectivity index is 0.000000109. The first-order valence-corrected chi connectivity index (χ1v) is 50.0. The van der Waals surface area contributed by atoms with Gasteiger partial charge in [0.15, 0.2) is 0 Å². The van der Waals surface area contributed by atoms with Crippen molar-refractivity contribution in [1.29, 1.82) is 0 Å². The molecule has 0 atom stereocenters. The van der Waals surface area contributed by atoms with Crippen molar-refractivity contribution in [3.8, 4) is 112 Å². The summed E-state index contributed by atoms with van der Waals surface area (Å²) in [6.07, 6.45) is 22.1. The number of aromatic nitrogens is 15. The summed E-state index contributed by atoms with van der Waals surface area (Å²) in [5.41, 5.74) is 29.1. The van der Waals surface area contributed by atoms with Gasteiger partial charge in [0, 0.05) is 224 Å². The van der Waals surface area contributed by atoms with Crippen LogP contribution in [0.1, 0.15) is 75.0 Å². The van der Waals surface area contributed by atoms with Gasteiger partial charge in [0.2, 0.25) is 0 Å². The Morgan fingerprint density at radius 1 is 0.289 bits per heavy atom. The average Bonchev–Trinajstić information content (AvgIpc) is 1.70. The Morgan fingerprint density at radius 3 is 0.859 bits per heavy atom. The molecule has 31 heteroatoms. The zero-order chi connectivity index (χ0) is 102. The standard InChI is InChI=1S/C26H26N4O.C24H21F3N4O.C24H23FN4O.C24H24N4O.C20H14F3N3O/c1-3-20(19-6-7-19)15-21(4-1)26-24(5-2-10-27-26)22-8-9-25-28-16-23(30(25)17-22)18-29-11-13-31-14-12-29;25-24(26,27)19-4-1-3-17(13-19)23-21(5-2-8-28-23)18-6-7-22-29-14-20(31(22)15-18)16-30-9-11-32-12-10-30;1-17-13-18(4-6-22(17)25)24-21(3-2-8-26-24)19-5-7-23-27-14-20(29(23)15-19)16-28-9-11-30-12-10-28;1-18-4-2-5-19(14-18)24-22(6-3-9-25-24)20-7-8-23-26-15-21(28(23)16-20)17-27-10-12-29-13-11-27;21-20(22,23)15-4-1-3-13(9-15)19-17(5-2-8-24-19)14-6-7-18-25-10-16(12-27)26(18)11-14/h1-5,8-10,15-17,19H,6-7,11-14,18H2;1-8,13-15H,9-12,16H2;2-8,13-15H,9-12,16H2,1H3;2-9,14-16H,10-13,17H2,1H3;1-11,27H,12H2. The van der Waals surface area contributed by atoms with E-state index in [9.17, 15) is 35.8 Å². The molecule has 15 aromatic heterocycles. The van der Waals surface area contributed by atoms with Gasteiger partial charge in [-0.25, -0.2) is 29.3 Å². The van der Waals surface area contributed by atoms with Crippen molar-refractivity contribution in [3.05, 3.63) is 392 Å². The van der Waals surface area contributed by atoms with Gasteiger partial charge in [-0.1, -0.05) is 96.6 Å². The van der Waals surface area contributed by atoms with E-state index in [2.05, 4.69) is 195 Å². The molecule has 24 nitrogen and oxygen atoms in total. The monoisotopic (exact) mass is 2000 g/mol. The predicted molar refractivity (Wildman–Crippen MR) is 561 cm³/mol. The Bertz CT molecular complexity index is 8110. The number of ether oxygens (including phenoxy) is 4. The van der Waals surface area contributed by atoms with E-state index in [0.717, 1.165) is 274 Å². The minimum Gasteiger partial charge on any atom is -0.390 e. The summed E-state index contributed by atoms with van der Waals surface area (Å²) in [6, 6.07) is 72.6. The summed E-state index contributed by atoms with van der Waals surface area (Å²) in [7, 11) is 0. The molecule has 1 aliphatic carbocycles. The summed E-state index contributed by atoms with van der Waals surface area (Å²) >= 11 is 0. The summed E-state index contributed by atoms with van der Waals surface area (Å²) in [4.78, 5) is 54.9. The van der Waals surface area contributed by atoms with Crippen LogP contribution in [-0.4, -0.2) is 202 Å². The highest BCUT2D eigenvalue weighted by atomic mass is 19.4. The minimum atomic E-state index is -4.42. The molecular weight excluding hydrogens is 1900 g/mol. The number of rotatable bonds is 20. The summed E-state index contributed by atoms with van der Waals surface area (Å²) < 4.78 is 125. The van der Waals surface area contributed by atoms with Crippen LogP contribution in [0.15, 0.2) is 330 Å². The SMILES string of the molecule is Cc1cc(-c2ncccc2-c2ccc3ncc(CN4CCOCC4)n3c2)ccc1F.Cc1cccc(-c2ncccc2-c2ccc3ncc(CN4CCOCC4)n3c2)c1.FC(F)(F)c1cccc(-c2ncccc2-c2ccc3ncc(CN4CCOCC4)n3c2)c1.OCc1cnc2ccc(-c3cccnc3-c3cccc(C(F)(F)F)c3)cn12.c1cc(-c2ncccc2-c2ccc3ncc(CN4CCOCC4)n3c2)cc(C2CC2)c1. The molecule has 25 rings (SSSR count). The van der Waals surface area contributed by atoms with Crippen molar-refractivity contribution in [2.24, 2.45) is 0 Å². The predicted octanol–water partition coefficient (Wildman–Crippen LogP) is 22.8. The van der Waals surface area contributed by atoms with Crippen LogP contribution in [0, 0.1) is 19.7 Å². The third kappa shape index (κ3) is 23.2. The number of hydrogen-bond donors (Lipinski definition) is 1. The van der Waals surface area contributed by atoms with Crippen LogP contribution in [0.4, 0.5) is 30.7 Å². The van der Waals surface area contributed by atoms with Crippen molar-refractivity contribution in [2.75, 3.05) is 105 Å². The van der Waals surface area contributed by atoms with Crippen molar-refractivity contribution in [2.45, 2.75) is 77.7 Å². The number of morpholine rings is 4. The van der Waals surface area contributed by atoms with Gasteiger partial charge in [0.05, 0.1) is 159 Å². The van der Waals surface area contributed by atoms with Crippen molar-refractivity contribution in [3.63, 3.8) is 0 Å². The van der Waals surface area contributed by atoms with E-state index in [4.69, 9.17) is 28.9 Å². The number of pyridine rings is 10. The van der Waals surface area contributed by atoms with Crippen LogP contribution in [0.2, 0.25) is 0 Å². The first kappa shape index (κ1) is 99.4. The third-order valence-electron chi connectivity index (χ3n) is 27.5. The fourth-order valence-corrected chi connectivity index (χ4v) is 19.5. The molecule has 0 spiro atoms. The van der Waals surface area contributed by atoms with E-state index in [-0.39, 0.29) is 12.4 Å². The molecule has 19 heterocycles. The summed E-state index contributed by atoms with van der Waals surface area (Å²) in [5.74, 6) is 0.529. The number of alkyl halides is 6. The van der Waals surface area contributed by atoms with Gasteiger partial charge in [0.25, 0.3) is 0 Å². The number of aryl methyl sites for hydroxylation is 2. The normalized spacial score (nSPS) is 15.0. The molecular formula is C118H108F7N19O5. The van der Waals surface area contributed by atoms with Crippen molar-refractivity contribution >= 4 is 28.2 Å². The van der Waals surface area contributed by atoms with Gasteiger partial charge in [-0.2, -0.15) is 26.3 Å². The number of nitrogens with zero attached hydrogens (tertiary/aromatic N) is 19. The Labute approximate surface area is 856 Å². The highest BCUT2D eigenvalue weighted by Crippen LogP contribution is 2.44. The molecule has 0 radical (unpaired) electrons. The van der Waals surface area contributed by atoms with Crippen LogP contribution in [-0.2, 0) is 64.1 Å². The molecule has 4 aliphatic heterocycles. The zero-order valence-electron chi connectivity index (χ0n) is 82.2. The van der Waals surface area contributed by atoms with Gasteiger partial charge in [-0.05, 0) is 189 Å². The van der Waals surface area contributed by atoms with Gasteiger partial charge in [-0.3, -0.25) is 44.5 Å². The molecule has 0 unspecified atom stereocenters. The lowest BCUT2D eigenvalue weighted by Gasteiger charge is -2.26. The number of fused-ring (bicyclic) bond motifs is 5. The number of aliphatic hydroxyl groups excluding tert-OH is 1. The van der Waals surface area contributed by atoms with Gasteiger partial charge >= 0.3 is 12.4 Å². The van der Waals surface area contributed by atoms with Crippen LogP contribution in [0.5, 0.6) is 0 Å². The molecule has 4 saturated heterocycles. The Kier molecular flexibility index (Phi) is 30.0. The molecule has 0 bridgehead atoms. The molecule has 1 N–H and O–H groups in total. The van der Waals surface area contributed by atoms with Crippen molar-refractivity contribution < 1.29 is 54.8 Å². The maximum atomic E-state index is 13.8. The molecule has 0 amide bonds. The van der Waals surface area contributed by atoms with Crippen LogP contribution < -0.4 is 0 Å². The van der Waals surface area contributed by atoms with Gasteiger partial charge < -0.3 is 46.1 Å². The number of benzene rings is 5. The quantitative estimate of drug-likeness (QED) is 0.0701. The molecule has 754 valence electrons. The second kappa shape index (κ2) is 45.0. The second-order valence-electron chi connectivity index (χ2n) is 37.6. The molecule has 5 fully saturated rings. The number of imidazole rings is 5. The van der Waals surface area contributed by atoms with Gasteiger partial charge in [-0.15, -0.1) is 0 Å². The fraction of sp³-hybridized carbons (Fsp3) is 0.237. The largest absolute Gasteiger partial charge is 0.416 e. The topological polar surface area (TPSA) is 221 Å².